The van der Waals surface area contributed by atoms with E-state index in [1.165, 1.54) is 0 Å². The van der Waals surface area contributed by atoms with Gasteiger partial charge in [0.1, 0.15) is 5.56 Å². The number of fused-ring (bicyclic) bond motifs is 1. The Balaban J connectivity index is 0.00000342. The first-order chi connectivity index (χ1) is 16.2. The van der Waals surface area contributed by atoms with E-state index in [9.17, 15) is 14.7 Å². The van der Waals surface area contributed by atoms with Crippen molar-refractivity contribution >= 4 is 29.2 Å². The summed E-state index contributed by atoms with van der Waals surface area (Å²) < 4.78 is 7.15. The molecule has 0 radical (unpaired) electrons. The van der Waals surface area contributed by atoms with Crippen LogP contribution in [-0.4, -0.2) is 65.0 Å². The molecule has 0 aliphatic carbocycles. The maximum atomic E-state index is 13.2. The van der Waals surface area contributed by atoms with Crippen LogP contribution in [0.25, 0.3) is 10.9 Å². The molecule has 4 rings (SSSR count). The number of carbonyl (C=O) groups is 1. The predicted molar refractivity (Wildman–Crippen MR) is 142 cm³/mol. The maximum absolute atomic E-state index is 13.2. The Morgan fingerprint density at radius 2 is 1.86 bits per heavy atom. The van der Waals surface area contributed by atoms with E-state index in [0.717, 1.165) is 42.4 Å². The van der Waals surface area contributed by atoms with Gasteiger partial charge in [0.05, 0.1) is 11.1 Å². The summed E-state index contributed by atoms with van der Waals surface area (Å²) in [5, 5.41) is 15.0. The van der Waals surface area contributed by atoms with Gasteiger partial charge < -0.3 is 19.7 Å². The smallest absolute Gasteiger partial charge is 0.264 e. The summed E-state index contributed by atoms with van der Waals surface area (Å²) in [7, 11) is 0. The van der Waals surface area contributed by atoms with Crippen molar-refractivity contribution in [2.75, 3.05) is 32.8 Å². The Morgan fingerprint density at radius 3 is 2.49 bits per heavy atom. The highest BCUT2D eigenvalue weighted by molar-refractivity contribution is 5.98. The van der Waals surface area contributed by atoms with Gasteiger partial charge in [-0.3, -0.25) is 14.5 Å². The summed E-state index contributed by atoms with van der Waals surface area (Å²) in [6.07, 6.45) is 3.29. The summed E-state index contributed by atoms with van der Waals surface area (Å²) in [5.41, 5.74) is 1.21. The highest BCUT2D eigenvalue weighted by Gasteiger charge is 2.39. The summed E-state index contributed by atoms with van der Waals surface area (Å²) >= 11 is 0. The zero-order chi connectivity index (χ0) is 24.5. The second-order valence-corrected chi connectivity index (χ2v) is 10.4. The number of nitrogens with zero attached hydrogens (tertiary/aromatic N) is 2. The van der Waals surface area contributed by atoms with Gasteiger partial charge in [-0.05, 0) is 77.2 Å². The lowest BCUT2D eigenvalue weighted by Gasteiger charge is -2.45. The van der Waals surface area contributed by atoms with Crippen LogP contribution < -0.4 is 10.9 Å². The van der Waals surface area contributed by atoms with Crippen molar-refractivity contribution in [3.63, 3.8) is 0 Å². The Bertz CT molecular complexity index is 1090. The lowest BCUT2D eigenvalue weighted by Crippen LogP contribution is -2.56. The molecule has 0 bridgehead atoms. The Kier molecular flexibility index (Phi) is 9.02. The minimum Gasteiger partial charge on any atom is -0.388 e. The van der Waals surface area contributed by atoms with Crippen LogP contribution >= 0.6 is 12.4 Å². The number of hydrogen-bond acceptors (Lipinski definition) is 5. The number of aryl methyl sites for hydroxylation is 1. The second kappa shape index (κ2) is 11.4. The number of aliphatic hydroxyl groups is 1. The van der Waals surface area contributed by atoms with Crippen LogP contribution in [0.3, 0.4) is 0 Å². The fraction of sp³-hybridized carbons (Fsp3) is 0.630. The first-order valence-corrected chi connectivity index (χ1v) is 12.7. The molecule has 1 atom stereocenters. The van der Waals surface area contributed by atoms with Gasteiger partial charge in [-0.1, -0.05) is 12.1 Å². The molecule has 3 heterocycles. The lowest BCUT2D eigenvalue weighted by atomic mass is 9.84. The minimum atomic E-state index is -0.677. The highest BCUT2D eigenvalue weighted by Crippen LogP contribution is 2.30. The van der Waals surface area contributed by atoms with E-state index in [4.69, 9.17) is 4.74 Å². The molecule has 1 unspecified atom stereocenters. The zero-order valence-corrected chi connectivity index (χ0v) is 22.2. The van der Waals surface area contributed by atoms with Gasteiger partial charge in [0, 0.05) is 50.1 Å². The number of piperidine rings is 1. The minimum absolute atomic E-state index is 0. The summed E-state index contributed by atoms with van der Waals surface area (Å²) in [6.45, 7) is 11.7. The number of likely N-dealkylation sites (tertiary alicyclic amines) is 1. The number of pyridine rings is 1. The molecule has 2 N–H and O–H groups in total. The van der Waals surface area contributed by atoms with E-state index in [1.54, 1.807) is 10.6 Å². The third-order valence-corrected chi connectivity index (χ3v) is 7.94. The largest absolute Gasteiger partial charge is 0.388 e. The van der Waals surface area contributed by atoms with Crippen molar-refractivity contribution < 1.29 is 14.6 Å². The molecular formula is C27H40ClN3O4. The molecule has 7 nitrogen and oxygen atoms in total. The first kappa shape index (κ1) is 27.7. The fourth-order valence-electron chi connectivity index (χ4n) is 5.54. The topological polar surface area (TPSA) is 83.8 Å². The van der Waals surface area contributed by atoms with Crippen molar-refractivity contribution in [3.8, 4) is 0 Å². The van der Waals surface area contributed by atoms with E-state index in [1.807, 2.05) is 39.0 Å². The van der Waals surface area contributed by atoms with E-state index < -0.39 is 5.60 Å². The highest BCUT2D eigenvalue weighted by atomic mass is 35.5. The quantitative estimate of drug-likeness (QED) is 0.625. The molecule has 0 saturated carbocycles. The molecule has 2 aliphatic rings. The molecule has 194 valence electrons. The van der Waals surface area contributed by atoms with Crippen LogP contribution in [0.15, 0.2) is 29.1 Å². The Morgan fingerprint density at radius 1 is 1.20 bits per heavy atom. The first-order valence-electron chi connectivity index (χ1n) is 12.7. The van der Waals surface area contributed by atoms with Crippen molar-refractivity contribution in [1.29, 1.82) is 0 Å². The normalized spacial score (nSPS) is 19.9. The molecule has 0 spiro atoms. The third kappa shape index (κ3) is 5.74. The van der Waals surface area contributed by atoms with Gasteiger partial charge in [0.25, 0.3) is 11.5 Å². The van der Waals surface area contributed by atoms with Crippen LogP contribution in [-0.2, 0) is 4.74 Å². The van der Waals surface area contributed by atoms with E-state index in [-0.39, 0.29) is 41.5 Å². The standard InChI is InChI=1S/C27H39N3O4.ClH/c1-18(2)30-24-7-5-6-19(3)22(24)16-23(26(30)32)25(31)28-17-21-8-12-29(13-9-21)20(4)27(33)10-14-34-15-11-27;/h5-7,16,18,20-21,33H,8-15,17H2,1-4H3,(H,28,31);1H. The van der Waals surface area contributed by atoms with Gasteiger partial charge in [-0.25, -0.2) is 0 Å². The lowest BCUT2D eigenvalue weighted by molar-refractivity contribution is -0.112. The van der Waals surface area contributed by atoms with Gasteiger partial charge in [0.2, 0.25) is 0 Å². The monoisotopic (exact) mass is 505 g/mol. The number of halogens is 1. The van der Waals surface area contributed by atoms with E-state index in [0.29, 0.717) is 38.5 Å². The molecular weight excluding hydrogens is 466 g/mol. The van der Waals surface area contributed by atoms with E-state index >= 15 is 0 Å². The van der Waals surface area contributed by atoms with Crippen LogP contribution in [0.5, 0.6) is 0 Å². The molecule has 2 aromatic rings. The summed E-state index contributed by atoms with van der Waals surface area (Å²) in [4.78, 5) is 28.6. The number of hydrogen-bond donors (Lipinski definition) is 2. The van der Waals surface area contributed by atoms with Crippen LogP contribution in [0, 0.1) is 12.8 Å². The van der Waals surface area contributed by atoms with E-state index in [2.05, 4.69) is 17.1 Å². The molecule has 8 heteroatoms. The summed E-state index contributed by atoms with van der Waals surface area (Å²) in [5.74, 6) is 0.0723. The molecule has 2 aliphatic heterocycles. The van der Waals surface area contributed by atoms with Crippen LogP contribution in [0.4, 0.5) is 0 Å². The van der Waals surface area contributed by atoms with Crippen LogP contribution in [0.1, 0.15) is 68.4 Å². The van der Waals surface area contributed by atoms with Gasteiger partial charge in [-0.15, -0.1) is 12.4 Å². The predicted octanol–water partition coefficient (Wildman–Crippen LogP) is 3.68. The summed E-state index contributed by atoms with van der Waals surface area (Å²) in [6, 6.07) is 7.70. The van der Waals surface area contributed by atoms with Crippen molar-refractivity contribution in [2.45, 2.75) is 71.1 Å². The number of amides is 1. The SMILES string of the molecule is Cc1cccc2c1cc(C(=O)NCC1CCN(C(C)C3(O)CCOCC3)CC1)c(=O)n2C(C)C.Cl. The maximum Gasteiger partial charge on any atom is 0.264 e. The Hall–Kier alpha value is -1.93. The molecule has 1 aromatic carbocycles. The number of nitrogens with one attached hydrogen (secondary N) is 1. The van der Waals surface area contributed by atoms with Gasteiger partial charge in [-0.2, -0.15) is 0 Å². The number of carbonyl (C=O) groups excluding carboxylic acids is 1. The molecule has 2 fully saturated rings. The molecule has 35 heavy (non-hydrogen) atoms. The third-order valence-electron chi connectivity index (χ3n) is 7.94. The van der Waals surface area contributed by atoms with Crippen LogP contribution in [0.2, 0.25) is 0 Å². The molecule has 2 saturated heterocycles. The van der Waals surface area contributed by atoms with Crippen molar-refractivity contribution in [2.24, 2.45) is 5.92 Å². The Labute approximate surface area is 214 Å². The number of ether oxygens (including phenoxy) is 1. The van der Waals surface area contributed by atoms with Crippen molar-refractivity contribution in [3.05, 3.63) is 45.7 Å². The average molecular weight is 506 g/mol. The molecule has 1 aromatic heterocycles. The number of aromatic nitrogens is 1. The zero-order valence-electron chi connectivity index (χ0n) is 21.4. The second-order valence-electron chi connectivity index (χ2n) is 10.4. The molecule has 1 amide bonds. The number of rotatable bonds is 6. The fourth-order valence-corrected chi connectivity index (χ4v) is 5.54. The van der Waals surface area contributed by atoms with Gasteiger partial charge in [0.15, 0.2) is 0 Å². The van der Waals surface area contributed by atoms with Gasteiger partial charge >= 0.3 is 0 Å². The number of benzene rings is 1. The average Bonchev–Trinajstić information content (AvgIpc) is 2.82. The van der Waals surface area contributed by atoms with Crippen molar-refractivity contribution in [1.82, 2.24) is 14.8 Å².